The van der Waals surface area contributed by atoms with Gasteiger partial charge in [0.25, 0.3) is 0 Å². The molecule has 8 heteroatoms. The molecule has 1 aromatic rings. The zero-order chi connectivity index (χ0) is 14.3. The van der Waals surface area contributed by atoms with E-state index < -0.39 is 32.8 Å². The van der Waals surface area contributed by atoms with Gasteiger partial charge in [0.2, 0.25) is 10.0 Å². The standard InChI is InChI=1S/C11H12F3NO3S/c12-11(13,14)8-2-1-3-10(6-8)19(17,18)15-5-4-9(16)7-15/h1-3,6,9,16H,4-5,7H2/t9-/m1/s1. The molecule has 19 heavy (non-hydrogen) atoms. The van der Waals surface area contributed by atoms with Crippen molar-refractivity contribution in [3.05, 3.63) is 29.8 Å². The Hall–Kier alpha value is -1.12. The highest BCUT2D eigenvalue weighted by atomic mass is 32.2. The molecule has 0 aliphatic carbocycles. The van der Waals surface area contributed by atoms with Crippen LogP contribution in [-0.2, 0) is 16.2 Å². The number of sulfonamides is 1. The first kappa shape index (κ1) is 14.3. The number of alkyl halides is 3. The summed E-state index contributed by atoms with van der Waals surface area (Å²) in [5.41, 5.74) is -1.01. The van der Waals surface area contributed by atoms with Crippen molar-refractivity contribution in [3.63, 3.8) is 0 Å². The van der Waals surface area contributed by atoms with E-state index in [1.165, 1.54) is 0 Å². The van der Waals surface area contributed by atoms with Gasteiger partial charge in [0.05, 0.1) is 16.6 Å². The van der Waals surface area contributed by atoms with Crippen LogP contribution in [0.4, 0.5) is 13.2 Å². The fourth-order valence-corrected chi connectivity index (χ4v) is 3.45. The molecule has 1 aromatic carbocycles. The summed E-state index contributed by atoms with van der Waals surface area (Å²) in [7, 11) is -3.98. The minimum atomic E-state index is -4.59. The van der Waals surface area contributed by atoms with Crippen molar-refractivity contribution in [2.75, 3.05) is 13.1 Å². The van der Waals surface area contributed by atoms with E-state index in [0.29, 0.717) is 6.07 Å². The van der Waals surface area contributed by atoms with E-state index in [4.69, 9.17) is 0 Å². The molecule has 4 nitrogen and oxygen atoms in total. The number of halogens is 3. The van der Waals surface area contributed by atoms with E-state index in [9.17, 15) is 26.7 Å². The molecule has 1 N–H and O–H groups in total. The van der Waals surface area contributed by atoms with Crippen LogP contribution in [-0.4, -0.2) is 37.0 Å². The molecular weight excluding hydrogens is 283 g/mol. The maximum Gasteiger partial charge on any atom is 0.416 e. The van der Waals surface area contributed by atoms with Gasteiger partial charge in [0.1, 0.15) is 0 Å². The Bertz CT molecular complexity index is 571. The SMILES string of the molecule is O=S(=O)(c1cccc(C(F)(F)F)c1)N1CC[C@@H](O)C1. The second kappa shape index (κ2) is 4.77. The number of aliphatic hydroxyl groups excluding tert-OH is 1. The molecule has 1 heterocycles. The molecular formula is C11H12F3NO3S. The monoisotopic (exact) mass is 295 g/mol. The van der Waals surface area contributed by atoms with E-state index in [1.807, 2.05) is 0 Å². The van der Waals surface area contributed by atoms with Crippen molar-refractivity contribution in [1.82, 2.24) is 4.31 Å². The quantitative estimate of drug-likeness (QED) is 0.898. The normalized spacial score (nSPS) is 21.8. The van der Waals surface area contributed by atoms with Crippen molar-refractivity contribution in [2.24, 2.45) is 0 Å². The topological polar surface area (TPSA) is 57.6 Å². The third kappa shape index (κ3) is 2.90. The van der Waals surface area contributed by atoms with Gasteiger partial charge in [-0.05, 0) is 24.6 Å². The fourth-order valence-electron chi connectivity index (χ4n) is 1.91. The summed E-state index contributed by atoms with van der Waals surface area (Å²) in [5, 5.41) is 9.31. The Kier molecular flexibility index (Phi) is 3.59. The Morgan fingerprint density at radius 2 is 2.00 bits per heavy atom. The van der Waals surface area contributed by atoms with Gasteiger partial charge in [0.15, 0.2) is 0 Å². The highest BCUT2D eigenvalue weighted by Gasteiger charge is 2.35. The first-order valence-electron chi connectivity index (χ1n) is 5.57. The molecule has 1 aliphatic heterocycles. The second-order valence-electron chi connectivity index (χ2n) is 4.33. The lowest BCUT2D eigenvalue weighted by atomic mass is 10.2. The molecule has 1 aliphatic rings. The van der Waals surface area contributed by atoms with Crippen LogP contribution in [0, 0.1) is 0 Å². The summed E-state index contributed by atoms with van der Waals surface area (Å²) in [6.07, 6.45) is -5.06. The predicted molar refractivity (Wildman–Crippen MR) is 60.8 cm³/mol. The van der Waals surface area contributed by atoms with Crippen LogP contribution in [0.2, 0.25) is 0 Å². The van der Waals surface area contributed by atoms with Crippen LogP contribution in [0.3, 0.4) is 0 Å². The summed E-state index contributed by atoms with van der Waals surface area (Å²) < 4.78 is 62.8. The molecule has 0 aromatic heterocycles. The van der Waals surface area contributed by atoms with Crippen molar-refractivity contribution in [2.45, 2.75) is 23.6 Å². The Balaban J connectivity index is 2.36. The molecule has 0 bridgehead atoms. The van der Waals surface area contributed by atoms with Gasteiger partial charge >= 0.3 is 6.18 Å². The summed E-state index contributed by atoms with van der Waals surface area (Å²) >= 11 is 0. The number of hydrogen-bond acceptors (Lipinski definition) is 3. The second-order valence-corrected chi connectivity index (χ2v) is 6.27. The number of nitrogens with zero attached hydrogens (tertiary/aromatic N) is 1. The zero-order valence-electron chi connectivity index (χ0n) is 9.76. The van der Waals surface area contributed by atoms with Gasteiger partial charge in [-0.1, -0.05) is 6.07 Å². The Morgan fingerprint density at radius 1 is 1.32 bits per heavy atom. The lowest BCUT2D eigenvalue weighted by Crippen LogP contribution is -2.29. The maximum atomic E-state index is 12.5. The zero-order valence-corrected chi connectivity index (χ0v) is 10.6. The maximum absolute atomic E-state index is 12.5. The third-order valence-electron chi connectivity index (χ3n) is 2.93. The number of aliphatic hydroxyl groups is 1. The van der Waals surface area contributed by atoms with Crippen LogP contribution in [0.25, 0.3) is 0 Å². The molecule has 106 valence electrons. The molecule has 2 rings (SSSR count). The van der Waals surface area contributed by atoms with E-state index in [2.05, 4.69) is 0 Å². The largest absolute Gasteiger partial charge is 0.416 e. The number of benzene rings is 1. The summed E-state index contributed by atoms with van der Waals surface area (Å²) in [6, 6.07) is 3.61. The van der Waals surface area contributed by atoms with Crippen molar-refractivity contribution >= 4 is 10.0 Å². The van der Waals surface area contributed by atoms with Crippen LogP contribution in [0.1, 0.15) is 12.0 Å². The van der Waals surface area contributed by atoms with Gasteiger partial charge in [-0.25, -0.2) is 8.42 Å². The Morgan fingerprint density at radius 3 is 2.53 bits per heavy atom. The van der Waals surface area contributed by atoms with Gasteiger partial charge in [-0.3, -0.25) is 0 Å². The third-order valence-corrected chi connectivity index (χ3v) is 4.79. The highest BCUT2D eigenvalue weighted by Crippen LogP contribution is 2.31. The lowest BCUT2D eigenvalue weighted by molar-refractivity contribution is -0.137. The van der Waals surface area contributed by atoms with Gasteiger partial charge in [0, 0.05) is 13.1 Å². The Labute approximate surface area is 108 Å². The van der Waals surface area contributed by atoms with Crippen LogP contribution in [0.15, 0.2) is 29.2 Å². The molecule has 0 unspecified atom stereocenters. The summed E-state index contributed by atoms with van der Waals surface area (Å²) in [6.45, 7) is 0.0261. The van der Waals surface area contributed by atoms with Crippen LogP contribution in [0.5, 0.6) is 0 Å². The minimum Gasteiger partial charge on any atom is -0.392 e. The first-order chi connectivity index (χ1) is 8.71. The molecule has 1 atom stereocenters. The fraction of sp³-hybridized carbons (Fsp3) is 0.455. The van der Waals surface area contributed by atoms with E-state index in [-0.39, 0.29) is 19.5 Å². The summed E-state index contributed by atoms with van der Waals surface area (Å²) in [4.78, 5) is -0.406. The molecule has 1 fully saturated rings. The molecule has 0 saturated carbocycles. The van der Waals surface area contributed by atoms with E-state index in [0.717, 1.165) is 22.5 Å². The average molecular weight is 295 g/mol. The van der Waals surface area contributed by atoms with Crippen molar-refractivity contribution in [1.29, 1.82) is 0 Å². The average Bonchev–Trinajstić information content (AvgIpc) is 2.76. The lowest BCUT2D eigenvalue weighted by Gasteiger charge is -2.16. The van der Waals surface area contributed by atoms with Crippen LogP contribution < -0.4 is 0 Å². The number of hydrogen-bond donors (Lipinski definition) is 1. The molecule has 0 spiro atoms. The van der Waals surface area contributed by atoms with Gasteiger partial charge in [-0.2, -0.15) is 17.5 Å². The number of β-amino-alcohol motifs (C(OH)–C–C–N with tert-alkyl or cyclic N) is 1. The summed E-state index contributed by atoms with van der Waals surface area (Å²) in [5.74, 6) is 0. The first-order valence-corrected chi connectivity index (χ1v) is 7.01. The molecule has 0 radical (unpaired) electrons. The van der Waals surface area contributed by atoms with Gasteiger partial charge < -0.3 is 5.11 Å². The van der Waals surface area contributed by atoms with Crippen molar-refractivity contribution < 1.29 is 26.7 Å². The van der Waals surface area contributed by atoms with Crippen LogP contribution >= 0.6 is 0 Å². The highest BCUT2D eigenvalue weighted by molar-refractivity contribution is 7.89. The molecule has 0 amide bonds. The van der Waals surface area contributed by atoms with E-state index in [1.54, 1.807) is 0 Å². The smallest absolute Gasteiger partial charge is 0.392 e. The van der Waals surface area contributed by atoms with Crippen molar-refractivity contribution in [3.8, 4) is 0 Å². The molecule has 1 saturated heterocycles. The predicted octanol–water partition coefficient (Wildman–Crippen LogP) is 1.46. The minimum absolute atomic E-state index is 0.0847. The van der Waals surface area contributed by atoms with E-state index >= 15 is 0 Å². The van der Waals surface area contributed by atoms with Gasteiger partial charge in [-0.15, -0.1) is 0 Å². The number of rotatable bonds is 2.